The third kappa shape index (κ3) is 3.78. The van der Waals surface area contributed by atoms with E-state index in [1.54, 1.807) is 6.20 Å². The number of benzene rings is 3. The molecule has 138 valence electrons. The molecule has 0 atom stereocenters. The summed E-state index contributed by atoms with van der Waals surface area (Å²) >= 11 is 2.34. The third-order valence-electron chi connectivity index (χ3n) is 5.07. The van der Waals surface area contributed by atoms with Crippen molar-refractivity contribution in [2.24, 2.45) is 0 Å². The maximum atomic E-state index is 4.64. The zero-order valence-electron chi connectivity index (χ0n) is 15.6. The molecule has 5 rings (SSSR count). The highest BCUT2D eigenvalue weighted by atomic mass is 127. The van der Waals surface area contributed by atoms with Gasteiger partial charge in [-0.2, -0.15) is 0 Å². The van der Waals surface area contributed by atoms with Crippen LogP contribution in [0.4, 0.5) is 0 Å². The molecule has 0 aliphatic rings. The number of rotatable bonds is 3. The fraction of sp³-hybridized carbons (Fsp3) is 0. The van der Waals surface area contributed by atoms with Gasteiger partial charge in [-0.15, -0.1) is 0 Å². The Balaban J connectivity index is 1.51. The molecule has 0 radical (unpaired) electrons. The summed E-state index contributed by atoms with van der Waals surface area (Å²) in [6.07, 6.45) is 5.55. The summed E-state index contributed by atoms with van der Waals surface area (Å²) in [6.45, 7) is 0. The zero-order valence-corrected chi connectivity index (χ0v) is 17.7. The number of halogens is 1. The maximum absolute atomic E-state index is 4.64. The van der Waals surface area contributed by atoms with Crippen molar-refractivity contribution < 1.29 is 0 Å². The highest BCUT2D eigenvalue weighted by molar-refractivity contribution is 14.1. The molecule has 0 saturated carbocycles. The van der Waals surface area contributed by atoms with E-state index in [2.05, 4.69) is 105 Å². The van der Waals surface area contributed by atoms with Crippen LogP contribution in [0.3, 0.4) is 0 Å². The van der Waals surface area contributed by atoms with Crippen molar-refractivity contribution in [2.75, 3.05) is 0 Å². The Morgan fingerprint density at radius 1 is 0.552 bits per heavy atom. The van der Waals surface area contributed by atoms with Crippen LogP contribution in [0, 0.1) is 3.57 Å². The van der Waals surface area contributed by atoms with Crippen LogP contribution in [-0.4, -0.2) is 9.97 Å². The largest absolute Gasteiger partial charge is 0.264 e. The van der Waals surface area contributed by atoms with Crippen LogP contribution in [0.1, 0.15) is 0 Å². The minimum absolute atomic E-state index is 0.934. The molecular weight excluding hydrogens is 467 g/mol. The standard InChI is InChI=1S/C26H17IN2/c27-25-10-7-18(8-11-25)20-5-3-19-4-6-21(15-24(19)14-20)22-9-12-26(29-17-22)23-2-1-13-28-16-23/h1-17H. The second-order valence-corrected chi connectivity index (χ2v) is 8.20. The molecule has 0 spiro atoms. The predicted molar refractivity (Wildman–Crippen MR) is 129 cm³/mol. The second-order valence-electron chi connectivity index (χ2n) is 6.96. The van der Waals surface area contributed by atoms with Gasteiger partial charge in [0.15, 0.2) is 0 Å². The van der Waals surface area contributed by atoms with E-state index in [-0.39, 0.29) is 0 Å². The van der Waals surface area contributed by atoms with E-state index in [0.29, 0.717) is 0 Å². The quantitative estimate of drug-likeness (QED) is 0.253. The molecule has 0 N–H and O–H groups in total. The number of nitrogens with zero attached hydrogens (tertiary/aromatic N) is 2. The molecule has 29 heavy (non-hydrogen) atoms. The lowest BCUT2D eigenvalue weighted by Gasteiger charge is -2.08. The van der Waals surface area contributed by atoms with Crippen LogP contribution < -0.4 is 0 Å². The van der Waals surface area contributed by atoms with Crippen molar-refractivity contribution in [3.63, 3.8) is 0 Å². The summed E-state index contributed by atoms with van der Waals surface area (Å²) in [5.74, 6) is 0. The highest BCUT2D eigenvalue weighted by Crippen LogP contribution is 2.29. The first kappa shape index (κ1) is 18.0. The van der Waals surface area contributed by atoms with Crippen LogP contribution >= 0.6 is 22.6 Å². The van der Waals surface area contributed by atoms with Gasteiger partial charge >= 0.3 is 0 Å². The number of hydrogen-bond acceptors (Lipinski definition) is 2. The van der Waals surface area contributed by atoms with Gasteiger partial charge in [0.1, 0.15) is 0 Å². The topological polar surface area (TPSA) is 25.8 Å². The Morgan fingerprint density at radius 2 is 1.24 bits per heavy atom. The molecule has 0 saturated heterocycles. The Labute approximate surface area is 183 Å². The third-order valence-corrected chi connectivity index (χ3v) is 5.79. The number of hydrogen-bond donors (Lipinski definition) is 0. The molecule has 0 aliphatic carbocycles. The zero-order chi connectivity index (χ0) is 19.6. The molecule has 0 aliphatic heterocycles. The summed E-state index contributed by atoms with van der Waals surface area (Å²) < 4.78 is 1.25. The van der Waals surface area contributed by atoms with Crippen molar-refractivity contribution in [1.29, 1.82) is 0 Å². The van der Waals surface area contributed by atoms with Gasteiger partial charge in [-0.25, -0.2) is 0 Å². The van der Waals surface area contributed by atoms with Gasteiger partial charge in [-0.05, 0) is 92.5 Å². The van der Waals surface area contributed by atoms with Crippen LogP contribution in [0.25, 0.3) is 44.3 Å². The van der Waals surface area contributed by atoms with Crippen LogP contribution in [0.15, 0.2) is 104 Å². The van der Waals surface area contributed by atoms with E-state index in [1.807, 2.05) is 24.5 Å². The van der Waals surface area contributed by atoms with Gasteiger partial charge in [-0.1, -0.05) is 42.5 Å². The Morgan fingerprint density at radius 3 is 1.90 bits per heavy atom. The fourth-order valence-electron chi connectivity index (χ4n) is 3.50. The summed E-state index contributed by atoms with van der Waals surface area (Å²) in [5, 5.41) is 2.47. The molecule has 0 bridgehead atoms. The molecule has 5 aromatic rings. The SMILES string of the molecule is Ic1ccc(-c2ccc3ccc(-c4ccc(-c5cccnc5)nc4)cc3c2)cc1. The monoisotopic (exact) mass is 484 g/mol. The summed E-state index contributed by atoms with van der Waals surface area (Å²) in [5.41, 5.74) is 6.71. The van der Waals surface area contributed by atoms with E-state index < -0.39 is 0 Å². The summed E-state index contributed by atoms with van der Waals surface area (Å²) in [6, 6.07) is 30.0. The highest BCUT2D eigenvalue weighted by Gasteiger charge is 2.05. The average Bonchev–Trinajstić information content (AvgIpc) is 2.79. The van der Waals surface area contributed by atoms with E-state index in [4.69, 9.17) is 0 Å². The summed E-state index contributed by atoms with van der Waals surface area (Å²) in [4.78, 5) is 8.81. The molecule has 3 aromatic carbocycles. The average molecular weight is 484 g/mol. The van der Waals surface area contributed by atoms with Crippen LogP contribution in [0.2, 0.25) is 0 Å². The Hall–Kier alpha value is -3.05. The van der Waals surface area contributed by atoms with E-state index in [1.165, 1.54) is 31.0 Å². The molecule has 3 heteroatoms. The van der Waals surface area contributed by atoms with Gasteiger partial charge in [0.2, 0.25) is 0 Å². The molecule has 0 fully saturated rings. The minimum Gasteiger partial charge on any atom is -0.264 e. The first-order valence-corrected chi connectivity index (χ1v) is 10.5. The Bertz CT molecular complexity index is 1280. The first-order valence-electron chi connectivity index (χ1n) is 9.43. The van der Waals surface area contributed by atoms with Gasteiger partial charge in [0.25, 0.3) is 0 Å². The Kier molecular flexibility index (Phi) is 4.82. The van der Waals surface area contributed by atoms with Gasteiger partial charge < -0.3 is 0 Å². The molecular formula is C26H17IN2. The van der Waals surface area contributed by atoms with Crippen LogP contribution in [0.5, 0.6) is 0 Å². The van der Waals surface area contributed by atoms with Crippen molar-refractivity contribution >= 4 is 33.4 Å². The van der Waals surface area contributed by atoms with E-state index in [0.717, 1.165) is 16.8 Å². The lowest BCUT2D eigenvalue weighted by atomic mass is 9.98. The fourth-order valence-corrected chi connectivity index (χ4v) is 3.86. The van der Waals surface area contributed by atoms with Crippen molar-refractivity contribution in [3.05, 3.63) is 107 Å². The summed E-state index contributed by atoms with van der Waals surface area (Å²) in [7, 11) is 0. The smallest absolute Gasteiger partial charge is 0.0717 e. The second kappa shape index (κ2) is 7.76. The molecule has 2 aromatic heterocycles. The lowest BCUT2D eigenvalue weighted by Crippen LogP contribution is -1.86. The maximum Gasteiger partial charge on any atom is 0.0717 e. The molecule has 2 heterocycles. The normalized spacial score (nSPS) is 10.9. The first-order chi connectivity index (χ1) is 14.3. The number of pyridine rings is 2. The van der Waals surface area contributed by atoms with Crippen molar-refractivity contribution in [1.82, 2.24) is 9.97 Å². The molecule has 0 amide bonds. The lowest BCUT2D eigenvalue weighted by molar-refractivity contribution is 1.28. The van der Waals surface area contributed by atoms with E-state index in [9.17, 15) is 0 Å². The van der Waals surface area contributed by atoms with E-state index >= 15 is 0 Å². The molecule has 0 unspecified atom stereocenters. The van der Waals surface area contributed by atoms with Gasteiger partial charge in [0.05, 0.1) is 5.69 Å². The number of fused-ring (bicyclic) bond motifs is 1. The van der Waals surface area contributed by atoms with Gasteiger partial charge in [0, 0.05) is 33.3 Å². The number of aromatic nitrogens is 2. The van der Waals surface area contributed by atoms with Gasteiger partial charge in [-0.3, -0.25) is 9.97 Å². The van der Waals surface area contributed by atoms with Crippen LogP contribution in [-0.2, 0) is 0 Å². The van der Waals surface area contributed by atoms with Crippen molar-refractivity contribution in [3.8, 4) is 33.5 Å². The minimum atomic E-state index is 0.934. The molecule has 2 nitrogen and oxygen atoms in total. The van der Waals surface area contributed by atoms with Crippen molar-refractivity contribution in [2.45, 2.75) is 0 Å². The predicted octanol–water partition coefficient (Wildman–Crippen LogP) is 7.24.